The Morgan fingerprint density at radius 1 is 1.29 bits per heavy atom. The van der Waals surface area contributed by atoms with E-state index in [0.29, 0.717) is 0 Å². The van der Waals surface area contributed by atoms with Gasteiger partial charge in [0.2, 0.25) is 0 Å². The highest BCUT2D eigenvalue weighted by molar-refractivity contribution is 9.10. The summed E-state index contributed by atoms with van der Waals surface area (Å²) in [5.74, 6) is 0. The molecule has 0 aliphatic carbocycles. The molecule has 1 saturated heterocycles. The first kappa shape index (κ1) is 12.7. The molecule has 1 aliphatic rings. The van der Waals surface area contributed by atoms with Crippen LogP contribution in [0.15, 0.2) is 22.7 Å². The summed E-state index contributed by atoms with van der Waals surface area (Å²) >= 11 is 3.51. The number of anilines is 2. The monoisotopic (exact) mass is 297 g/mol. The van der Waals surface area contributed by atoms with Crippen molar-refractivity contribution >= 4 is 27.3 Å². The lowest BCUT2D eigenvalue weighted by molar-refractivity contribution is 0.337. The zero-order chi connectivity index (χ0) is 12.1. The van der Waals surface area contributed by atoms with Crippen molar-refractivity contribution in [3.05, 3.63) is 22.7 Å². The molecular formula is C13H20BrN3. The molecule has 1 heterocycles. The number of halogens is 1. The molecule has 4 heteroatoms. The molecule has 0 aromatic heterocycles. The summed E-state index contributed by atoms with van der Waals surface area (Å²) in [6.45, 7) is 4.79. The Kier molecular flexibility index (Phi) is 4.68. The van der Waals surface area contributed by atoms with Gasteiger partial charge >= 0.3 is 0 Å². The maximum atomic E-state index is 5.70. The molecule has 0 spiro atoms. The van der Waals surface area contributed by atoms with Crippen LogP contribution in [0.3, 0.4) is 0 Å². The van der Waals surface area contributed by atoms with Crippen LogP contribution in [0.1, 0.15) is 19.3 Å². The average molecular weight is 298 g/mol. The van der Waals surface area contributed by atoms with E-state index in [1.165, 1.54) is 38.9 Å². The Morgan fingerprint density at radius 3 is 2.76 bits per heavy atom. The third-order valence-electron chi connectivity index (χ3n) is 3.16. The smallest absolute Gasteiger partial charge is 0.0486 e. The molecule has 0 bridgehead atoms. The van der Waals surface area contributed by atoms with E-state index in [1.807, 2.05) is 18.2 Å². The molecule has 0 radical (unpaired) electrons. The first-order chi connectivity index (χ1) is 8.25. The fourth-order valence-electron chi connectivity index (χ4n) is 2.21. The van der Waals surface area contributed by atoms with Crippen LogP contribution < -0.4 is 11.1 Å². The average Bonchev–Trinajstić information content (AvgIpc) is 2.79. The summed E-state index contributed by atoms with van der Waals surface area (Å²) < 4.78 is 1.04. The topological polar surface area (TPSA) is 41.3 Å². The Hall–Kier alpha value is -0.740. The number of hydrogen-bond acceptors (Lipinski definition) is 3. The predicted molar refractivity (Wildman–Crippen MR) is 77.3 cm³/mol. The van der Waals surface area contributed by atoms with Gasteiger partial charge in [-0.3, -0.25) is 0 Å². The molecule has 17 heavy (non-hydrogen) atoms. The van der Waals surface area contributed by atoms with Gasteiger partial charge in [0.1, 0.15) is 0 Å². The SMILES string of the molecule is Nc1ccc(NCCCN2CCCC2)c(Br)c1. The van der Waals surface area contributed by atoms with E-state index in [4.69, 9.17) is 5.73 Å². The van der Waals surface area contributed by atoms with Gasteiger partial charge in [-0.2, -0.15) is 0 Å². The molecule has 0 unspecified atom stereocenters. The number of nitrogens with two attached hydrogens (primary N) is 1. The number of nitrogens with one attached hydrogen (secondary N) is 1. The number of likely N-dealkylation sites (tertiary alicyclic amines) is 1. The van der Waals surface area contributed by atoms with Crippen LogP contribution in [-0.4, -0.2) is 31.1 Å². The third kappa shape index (κ3) is 3.89. The van der Waals surface area contributed by atoms with Crippen molar-refractivity contribution in [3.8, 4) is 0 Å². The van der Waals surface area contributed by atoms with Crippen LogP contribution >= 0.6 is 15.9 Å². The molecule has 94 valence electrons. The van der Waals surface area contributed by atoms with Gasteiger partial charge in [0, 0.05) is 22.4 Å². The van der Waals surface area contributed by atoms with Crippen LogP contribution in [0.2, 0.25) is 0 Å². The Balaban J connectivity index is 1.70. The summed E-state index contributed by atoms with van der Waals surface area (Å²) in [5.41, 5.74) is 7.62. The van der Waals surface area contributed by atoms with Crippen molar-refractivity contribution in [2.24, 2.45) is 0 Å². The summed E-state index contributed by atoms with van der Waals surface area (Å²) in [4.78, 5) is 2.54. The van der Waals surface area contributed by atoms with Crippen LogP contribution in [0.5, 0.6) is 0 Å². The minimum Gasteiger partial charge on any atom is -0.399 e. The first-order valence-electron chi connectivity index (χ1n) is 6.27. The van der Waals surface area contributed by atoms with Crippen molar-refractivity contribution in [1.29, 1.82) is 0 Å². The molecule has 2 rings (SSSR count). The minimum absolute atomic E-state index is 0.791. The van der Waals surface area contributed by atoms with Gasteiger partial charge in [-0.05, 0) is 73.0 Å². The van der Waals surface area contributed by atoms with Gasteiger partial charge in [0.25, 0.3) is 0 Å². The summed E-state index contributed by atoms with van der Waals surface area (Å²) in [6, 6.07) is 5.88. The van der Waals surface area contributed by atoms with Gasteiger partial charge in [0.15, 0.2) is 0 Å². The van der Waals surface area contributed by atoms with E-state index in [1.54, 1.807) is 0 Å². The highest BCUT2D eigenvalue weighted by atomic mass is 79.9. The molecule has 1 aromatic carbocycles. The van der Waals surface area contributed by atoms with Gasteiger partial charge < -0.3 is 16.0 Å². The van der Waals surface area contributed by atoms with Gasteiger partial charge in [-0.25, -0.2) is 0 Å². The Labute approximate surface area is 111 Å². The Morgan fingerprint density at radius 2 is 2.06 bits per heavy atom. The van der Waals surface area contributed by atoms with Crippen LogP contribution in [0.4, 0.5) is 11.4 Å². The highest BCUT2D eigenvalue weighted by Crippen LogP contribution is 2.24. The van der Waals surface area contributed by atoms with Crippen LogP contribution in [-0.2, 0) is 0 Å². The molecular weight excluding hydrogens is 278 g/mol. The van der Waals surface area contributed by atoms with Crippen molar-refractivity contribution in [2.75, 3.05) is 37.2 Å². The van der Waals surface area contributed by atoms with E-state index < -0.39 is 0 Å². The van der Waals surface area contributed by atoms with Crippen molar-refractivity contribution < 1.29 is 0 Å². The second-order valence-corrected chi connectivity index (χ2v) is 5.42. The maximum Gasteiger partial charge on any atom is 0.0486 e. The van der Waals surface area contributed by atoms with Crippen molar-refractivity contribution in [3.63, 3.8) is 0 Å². The van der Waals surface area contributed by atoms with Crippen LogP contribution in [0.25, 0.3) is 0 Å². The van der Waals surface area contributed by atoms with Gasteiger partial charge in [0.05, 0.1) is 0 Å². The van der Waals surface area contributed by atoms with E-state index in [9.17, 15) is 0 Å². The van der Waals surface area contributed by atoms with E-state index >= 15 is 0 Å². The molecule has 0 atom stereocenters. The molecule has 0 saturated carbocycles. The van der Waals surface area contributed by atoms with Crippen molar-refractivity contribution in [1.82, 2.24) is 4.90 Å². The second kappa shape index (κ2) is 6.26. The first-order valence-corrected chi connectivity index (χ1v) is 7.06. The highest BCUT2D eigenvalue weighted by Gasteiger charge is 2.10. The lowest BCUT2D eigenvalue weighted by atomic mass is 10.3. The molecule has 3 N–H and O–H groups in total. The van der Waals surface area contributed by atoms with Crippen molar-refractivity contribution in [2.45, 2.75) is 19.3 Å². The van der Waals surface area contributed by atoms with E-state index in [-0.39, 0.29) is 0 Å². The fraction of sp³-hybridized carbons (Fsp3) is 0.538. The second-order valence-electron chi connectivity index (χ2n) is 4.57. The quantitative estimate of drug-likeness (QED) is 0.649. The predicted octanol–water partition coefficient (Wildman–Crippen LogP) is 2.93. The van der Waals surface area contributed by atoms with Gasteiger partial charge in [-0.15, -0.1) is 0 Å². The molecule has 3 nitrogen and oxygen atoms in total. The zero-order valence-electron chi connectivity index (χ0n) is 10.1. The largest absolute Gasteiger partial charge is 0.399 e. The fourth-order valence-corrected chi connectivity index (χ4v) is 2.74. The standard InChI is InChI=1S/C13H20BrN3/c14-12-10-11(15)4-5-13(12)16-6-3-9-17-7-1-2-8-17/h4-5,10,16H,1-3,6-9,15H2. The molecule has 0 amide bonds. The molecule has 1 fully saturated rings. The zero-order valence-corrected chi connectivity index (χ0v) is 11.7. The lowest BCUT2D eigenvalue weighted by Crippen LogP contribution is -2.22. The number of benzene rings is 1. The summed E-state index contributed by atoms with van der Waals surface area (Å²) in [5, 5.41) is 3.44. The lowest BCUT2D eigenvalue weighted by Gasteiger charge is -2.15. The Bertz CT molecular complexity index is 362. The number of hydrogen-bond donors (Lipinski definition) is 2. The summed E-state index contributed by atoms with van der Waals surface area (Å²) in [7, 11) is 0. The molecule has 1 aromatic rings. The van der Waals surface area contributed by atoms with E-state index in [0.717, 1.165) is 22.4 Å². The maximum absolute atomic E-state index is 5.70. The number of nitrogens with zero attached hydrogens (tertiary/aromatic N) is 1. The summed E-state index contributed by atoms with van der Waals surface area (Å²) in [6.07, 6.45) is 3.94. The number of nitrogen functional groups attached to an aromatic ring is 1. The van der Waals surface area contributed by atoms with Gasteiger partial charge in [-0.1, -0.05) is 0 Å². The van der Waals surface area contributed by atoms with E-state index in [2.05, 4.69) is 26.1 Å². The normalized spacial score (nSPS) is 16.3. The third-order valence-corrected chi connectivity index (χ3v) is 3.81. The minimum atomic E-state index is 0.791. The molecule has 1 aliphatic heterocycles. The van der Waals surface area contributed by atoms with Crippen LogP contribution in [0, 0.1) is 0 Å². The number of rotatable bonds is 5.